The second kappa shape index (κ2) is 4.01. The molecule has 0 radical (unpaired) electrons. The normalized spacial score (nSPS) is 28.2. The van der Waals surface area contributed by atoms with E-state index in [1.807, 2.05) is 27.0 Å². The average Bonchev–Trinajstić information content (AvgIpc) is 2.69. The highest BCUT2D eigenvalue weighted by molar-refractivity contribution is 8.01. The lowest BCUT2D eigenvalue weighted by Gasteiger charge is -2.20. The summed E-state index contributed by atoms with van der Waals surface area (Å²) in [6.07, 6.45) is 1.82. The van der Waals surface area contributed by atoms with E-state index in [1.54, 1.807) is 23.1 Å². The highest BCUT2D eigenvalue weighted by Crippen LogP contribution is 2.46. The van der Waals surface area contributed by atoms with Crippen LogP contribution in [-0.2, 0) is 4.79 Å². The van der Waals surface area contributed by atoms with E-state index in [-0.39, 0.29) is 10.1 Å². The van der Waals surface area contributed by atoms with Crippen LogP contribution in [0, 0.1) is 6.92 Å². The van der Waals surface area contributed by atoms with Crippen LogP contribution in [-0.4, -0.2) is 26.8 Å². The number of nitrogens with zero attached hydrogens (tertiary/aromatic N) is 1. The SMILES string of the molecule is Cc1cnc(C2NC(C(=O)O)C(C)(C)S2)s1. The summed E-state index contributed by atoms with van der Waals surface area (Å²) in [6, 6.07) is -0.522. The number of thiazole rings is 1. The molecule has 1 aromatic heterocycles. The predicted molar refractivity (Wildman–Crippen MR) is 65.8 cm³/mol. The Labute approximate surface area is 102 Å². The minimum absolute atomic E-state index is 0.00481. The van der Waals surface area contributed by atoms with Crippen molar-refractivity contribution in [1.29, 1.82) is 0 Å². The molecule has 1 saturated heterocycles. The summed E-state index contributed by atoms with van der Waals surface area (Å²) in [5.41, 5.74) is 0. The monoisotopic (exact) mass is 258 g/mol. The second-order valence-electron chi connectivity index (χ2n) is 4.35. The molecule has 2 unspecified atom stereocenters. The van der Waals surface area contributed by atoms with Gasteiger partial charge in [0.25, 0.3) is 0 Å². The van der Waals surface area contributed by atoms with Gasteiger partial charge in [-0.2, -0.15) is 0 Å². The highest BCUT2D eigenvalue weighted by atomic mass is 32.2. The van der Waals surface area contributed by atoms with Crippen molar-refractivity contribution in [2.45, 2.75) is 36.9 Å². The second-order valence-corrected chi connectivity index (χ2v) is 7.37. The number of aryl methyl sites for hydroxylation is 1. The summed E-state index contributed by atoms with van der Waals surface area (Å²) in [5, 5.41) is 13.2. The van der Waals surface area contributed by atoms with Gasteiger partial charge < -0.3 is 5.11 Å². The smallest absolute Gasteiger partial charge is 0.322 e. The van der Waals surface area contributed by atoms with Crippen LogP contribution >= 0.6 is 23.1 Å². The molecule has 0 bridgehead atoms. The van der Waals surface area contributed by atoms with Gasteiger partial charge in [0, 0.05) is 15.8 Å². The Morgan fingerprint density at radius 3 is 2.75 bits per heavy atom. The number of aliphatic carboxylic acids is 1. The Morgan fingerprint density at radius 2 is 2.31 bits per heavy atom. The Bertz CT molecular complexity index is 417. The van der Waals surface area contributed by atoms with Crippen LogP contribution in [0.25, 0.3) is 0 Å². The number of nitrogens with one attached hydrogen (secondary N) is 1. The van der Waals surface area contributed by atoms with Crippen LogP contribution in [0.5, 0.6) is 0 Å². The summed E-state index contributed by atoms with van der Waals surface area (Å²) >= 11 is 3.24. The lowest BCUT2D eigenvalue weighted by atomic mass is 10.0. The number of hydrogen-bond donors (Lipinski definition) is 2. The first-order valence-corrected chi connectivity index (χ1v) is 6.69. The van der Waals surface area contributed by atoms with Gasteiger partial charge in [-0.1, -0.05) is 0 Å². The van der Waals surface area contributed by atoms with Crippen molar-refractivity contribution in [3.8, 4) is 0 Å². The third kappa shape index (κ3) is 2.09. The van der Waals surface area contributed by atoms with Crippen molar-refractivity contribution in [3.63, 3.8) is 0 Å². The zero-order chi connectivity index (χ0) is 11.9. The molecular formula is C10H14N2O2S2. The van der Waals surface area contributed by atoms with Crippen LogP contribution in [0.2, 0.25) is 0 Å². The fourth-order valence-electron chi connectivity index (χ4n) is 1.74. The molecule has 0 saturated carbocycles. The van der Waals surface area contributed by atoms with Crippen LogP contribution < -0.4 is 5.32 Å². The maximum Gasteiger partial charge on any atom is 0.322 e. The Balaban J connectivity index is 2.20. The summed E-state index contributed by atoms with van der Waals surface area (Å²) in [5.74, 6) is -0.798. The molecule has 1 aliphatic heterocycles. The number of aromatic nitrogens is 1. The first-order chi connectivity index (χ1) is 7.40. The van der Waals surface area contributed by atoms with E-state index in [4.69, 9.17) is 5.11 Å². The summed E-state index contributed by atoms with van der Waals surface area (Å²) in [6.45, 7) is 5.90. The van der Waals surface area contributed by atoms with Crippen molar-refractivity contribution in [2.24, 2.45) is 0 Å². The van der Waals surface area contributed by atoms with Crippen LogP contribution in [0.1, 0.15) is 29.1 Å². The van der Waals surface area contributed by atoms with Gasteiger partial charge in [0.05, 0.1) is 0 Å². The van der Waals surface area contributed by atoms with E-state index >= 15 is 0 Å². The minimum atomic E-state index is -0.798. The third-order valence-corrected chi connectivity index (χ3v) is 5.11. The van der Waals surface area contributed by atoms with Gasteiger partial charge in [-0.05, 0) is 20.8 Å². The number of rotatable bonds is 2. The molecule has 1 aromatic rings. The first kappa shape index (κ1) is 11.9. The largest absolute Gasteiger partial charge is 0.480 e. The molecular weight excluding hydrogens is 244 g/mol. The molecule has 1 aliphatic rings. The molecule has 0 amide bonds. The number of carboxylic acid groups (broad SMARTS) is 1. The molecule has 0 aliphatic carbocycles. The molecule has 2 rings (SSSR count). The maximum absolute atomic E-state index is 11.1. The van der Waals surface area contributed by atoms with Crippen LogP contribution in [0.3, 0.4) is 0 Å². The van der Waals surface area contributed by atoms with E-state index in [9.17, 15) is 4.79 Å². The van der Waals surface area contributed by atoms with Crippen molar-refractivity contribution in [2.75, 3.05) is 0 Å². The fourth-order valence-corrected chi connectivity index (χ4v) is 4.02. The molecule has 88 valence electrons. The van der Waals surface area contributed by atoms with Gasteiger partial charge in [-0.25, -0.2) is 4.98 Å². The van der Waals surface area contributed by atoms with E-state index in [0.717, 1.165) is 9.88 Å². The van der Waals surface area contributed by atoms with Crippen molar-refractivity contribution in [1.82, 2.24) is 10.3 Å². The van der Waals surface area contributed by atoms with E-state index in [0.29, 0.717) is 0 Å². The topological polar surface area (TPSA) is 62.2 Å². The molecule has 4 nitrogen and oxygen atoms in total. The number of carboxylic acids is 1. The lowest BCUT2D eigenvalue weighted by Crippen LogP contribution is -2.43. The van der Waals surface area contributed by atoms with Crippen molar-refractivity contribution >= 4 is 29.1 Å². The van der Waals surface area contributed by atoms with Crippen LogP contribution in [0.15, 0.2) is 6.20 Å². The van der Waals surface area contributed by atoms with Gasteiger partial charge in [-0.15, -0.1) is 23.1 Å². The van der Waals surface area contributed by atoms with Crippen molar-refractivity contribution in [3.05, 3.63) is 16.1 Å². The van der Waals surface area contributed by atoms with Gasteiger partial charge >= 0.3 is 5.97 Å². The zero-order valence-corrected chi connectivity index (χ0v) is 11.0. The summed E-state index contributed by atoms with van der Waals surface area (Å²) in [4.78, 5) is 16.6. The Hall–Kier alpha value is -0.590. The quantitative estimate of drug-likeness (QED) is 0.849. The Kier molecular flexibility index (Phi) is 2.98. The Morgan fingerprint density at radius 1 is 1.62 bits per heavy atom. The highest BCUT2D eigenvalue weighted by Gasteiger charge is 2.46. The van der Waals surface area contributed by atoms with Crippen LogP contribution in [0.4, 0.5) is 0 Å². The molecule has 0 spiro atoms. The van der Waals surface area contributed by atoms with Gasteiger partial charge in [-0.3, -0.25) is 10.1 Å². The minimum Gasteiger partial charge on any atom is -0.480 e. The maximum atomic E-state index is 11.1. The van der Waals surface area contributed by atoms with Gasteiger partial charge in [0.1, 0.15) is 16.4 Å². The molecule has 0 aromatic carbocycles. The number of carbonyl (C=O) groups is 1. The molecule has 2 heterocycles. The van der Waals surface area contributed by atoms with Gasteiger partial charge in [0.2, 0.25) is 0 Å². The molecule has 1 fully saturated rings. The number of thioether (sulfide) groups is 1. The molecule has 2 atom stereocenters. The van der Waals surface area contributed by atoms with Gasteiger partial charge in [0.15, 0.2) is 0 Å². The standard InChI is InChI=1S/C10H14N2O2S2/c1-5-4-11-7(15-5)8-12-6(9(13)14)10(2,3)16-8/h4,6,8,12H,1-3H3,(H,13,14). The molecule has 2 N–H and O–H groups in total. The average molecular weight is 258 g/mol. The fraction of sp³-hybridized carbons (Fsp3) is 0.600. The third-order valence-electron chi connectivity index (χ3n) is 2.55. The summed E-state index contributed by atoms with van der Waals surface area (Å²) in [7, 11) is 0. The predicted octanol–water partition coefficient (Wildman–Crippen LogP) is 2.02. The lowest BCUT2D eigenvalue weighted by molar-refractivity contribution is -0.139. The number of hydrogen-bond acceptors (Lipinski definition) is 5. The molecule has 6 heteroatoms. The van der Waals surface area contributed by atoms with E-state index in [2.05, 4.69) is 10.3 Å². The first-order valence-electron chi connectivity index (χ1n) is 4.99. The zero-order valence-electron chi connectivity index (χ0n) is 9.35. The van der Waals surface area contributed by atoms with Crippen molar-refractivity contribution < 1.29 is 9.90 Å². The summed E-state index contributed by atoms with van der Waals surface area (Å²) < 4.78 is -0.309. The van der Waals surface area contributed by atoms with E-state index < -0.39 is 12.0 Å². The van der Waals surface area contributed by atoms with E-state index in [1.165, 1.54) is 0 Å². The molecule has 16 heavy (non-hydrogen) atoms.